The molecule has 2 unspecified atom stereocenters. The van der Waals surface area contributed by atoms with Crippen molar-refractivity contribution < 1.29 is 0 Å². The number of piperidine rings is 1. The minimum absolute atomic E-state index is 0.713. The fourth-order valence-electron chi connectivity index (χ4n) is 2.81. The first-order valence-electron chi connectivity index (χ1n) is 6.42. The predicted molar refractivity (Wildman–Crippen MR) is 78.2 cm³/mol. The van der Waals surface area contributed by atoms with Gasteiger partial charge in [0.2, 0.25) is 0 Å². The van der Waals surface area contributed by atoms with Crippen molar-refractivity contribution in [1.82, 2.24) is 4.90 Å². The lowest BCUT2D eigenvalue weighted by Crippen LogP contribution is -2.39. The molecule has 0 bridgehead atoms. The van der Waals surface area contributed by atoms with E-state index in [1.807, 2.05) is 0 Å². The second-order valence-corrected chi connectivity index (χ2v) is 7.69. The average Bonchev–Trinajstić information content (AvgIpc) is 2.71. The molecule has 1 nitrogen and oxygen atoms in total. The fraction of sp³-hybridized carbons (Fsp3) is 0.571. The molecule has 0 aliphatic carbocycles. The van der Waals surface area contributed by atoms with Crippen molar-refractivity contribution >= 4 is 27.7 Å². The van der Waals surface area contributed by atoms with Gasteiger partial charge in [-0.25, -0.2) is 0 Å². The van der Waals surface area contributed by atoms with Gasteiger partial charge in [0.15, 0.2) is 0 Å². The molecule has 2 aliphatic heterocycles. The maximum atomic E-state index is 3.76. The van der Waals surface area contributed by atoms with Crippen molar-refractivity contribution in [3.05, 3.63) is 29.8 Å². The van der Waals surface area contributed by atoms with Gasteiger partial charge in [-0.2, -0.15) is 0 Å². The second-order valence-electron chi connectivity index (χ2n) is 5.05. The van der Waals surface area contributed by atoms with Gasteiger partial charge in [-0.1, -0.05) is 34.1 Å². The number of halogens is 1. The first-order chi connectivity index (χ1) is 8.31. The molecule has 1 saturated heterocycles. The van der Waals surface area contributed by atoms with Crippen LogP contribution in [0.1, 0.15) is 18.4 Å². The van der Waals surface area contributed by atoms with Gasteiger partial charge >= 0.3 is 0 Å². The van der Waals surface area contributed by atoms with Crippen LogP contribution in [0, 0.1) is 0 Å². The third-order valence-corrected chi connectivity index (χ3v) is 5.67. The standard InChI is InChI=1S/C14H18BrNS/c15-12-5-3-7-16(9-12)10-13-8-11-4-1-2-6-14(11)17-13/h1-2,4,6,12-13H,3,5,7-10H2. The summed E-state index contributed by atoms with van der Waals surface area (Å²) >= 11 is 5.83. The van der Waals surface area contributed by atoms with Crippen molar-refractivity contribution in [3.63, 3.8) is 0 Å². The number of thioether (sulfide) groups is 1. The van der Waals surface area contributed by atoms with Gasteiger partial charge in [0.1, 0.15) is 0 Å². The maximum Gasteiger partial charge on any atom is 0.0273 e. The van der Waals surface area contributed by atoms with E-state index < -0.39 is 0 Å². The summed E-state index contributed by atoms with van der Waals surface area (Å²) in [5.74, 6) is 0. The zero-order chi connectivity index (χ0) is 11.7. The maximum absolute atomic E-state index is 3.76. The summed E-state index contributed by atoms with van der Waals surface area (Å²) in [7, 11) is 0. The van der Waals surface area contributed by atoms with Gasteiger partial charge < -0.3 is 4.90 Å². The number of hydrogen-bond donors (Lipinski definition) is 0. The lowest BCUT2D eigenvalue weighted by molar-refractivity contribution is 0.237. The molecule has 0 spiro atoms. The number of alkyl halides is 1. The van der Waals surface area contributed by atoms with E-state index in [2.05, 4.69) is 56.9 Å². The molecule has 0 amide bonds. The van der Waals surface area contributed by atoms with Crippen molar-refractivity contribution in [1.29, 1.82) is 0 Å². The molecule has 0 saturated carbocycles. The summed E-state index contributed by atoms with van der Waals surface area (Å²) in [5, 5.41) is 0.769. The number of rotatable bonds is 2. The topological polar surface area (TPSA) is 3.24 Å². The Balaban J connectivity index is 1.58. The van der Waals surface area contributed by atoms with E-state index in [9.17, 15) is 0 Å². The minimum atomic E-state index is 0.713. The SMILES string of the molecule is BrC1CCCN(CC2Cc3ccccc3S2)C1. The van der Waals surface area contributed by atoms with Gasteiger partial charge in [-0.05, 0) is 37.4 Å². The molecule has 1 aromatic carbocycles. The van der Waals surface area contributed by atoms with Gasteiger partial charge in [0.25, 0.3) is 0 Å². The Hall–Kier alpha value is 0.01000. The highest BCUT2D eigenvalue weighted by atomic mass is 79.9. The molecule has 0 radical (unpaired) electrons. The Morgan fingerprint density at radius 2 is 2.24 bits per heavy atom. The molecule has 0 N–H and O–H groups in total. The first kappa shape index (κ1) is 12.1. The smallest absolute Gasteiger partial charge is 0.0273 e. The van der Waals surface area contributed by atoms with E-state index in [4.69, 9.17) is 0 Å². The summed E-state index contributed by atoms with van der Waals surface area (Å²) in [5.41, 5.74) is 1.55. The van der Waals surface area contributed by atoms with Gasteiger partial charge in [-0.15, -0.1) is 11.8 Å². The van der Waals surface area contributed by atoms with Crippen LogP contribution in [-0.2, 0) is 6.42 Å². The molecule has 3 rings (SSSR count). The Kier molecular flexibility index (Phi) is 3.78. The summed E-state index contributed by atoms with van der Waals surface area (Å²) in [6.07, 6.45) is 3.94. The molecular weight excluding hydrogens is 294 g/mol. The molecule has 1 fully saturated rings. The third kappa shape index (κ3) is 2.88. The number of benzene rings is 1. The van der Waals surface area contributed by atoms with Crippen LogP contribution in [0.25, 0.3) is 0 Å². The quantitative estimate of drug-likeness (QED) is 0.768. The zero-order valence-electron chi connectivity index (χ0n) is 9.94. The number of nitrogens with zero attached hydrogens (tertiary/aromatic N) is 1. The Morgan fingerprint density at radius 3 is 3.06 bits per heavy atom. The van der Waals surface area contributed by atoms with E-state index >= 15 is 0 Å². The second kappa shape index (κ2) is 5.33. The van der Waals surface area contributed by atoms with Crippen LogP contribution in [0.5, 0.6) is 0 Å². The molecule has 2 aliphatic rings. The third-order valence-electron chi connectivity index (χ3n) is 3.62. The molecule has 2 heterocycles. The van der Waals surface area contributed by atoms with E-state index in [0.29, 0.717) is 4.83 Å². The lowest BCUT2D eigenvalue weighted by atomic mass is 10.1. The lowest BCUT2D eigenvalue weighted by Gasteiger charge is -2.31. The molecule has 92 valence electrons. The fourth-order valence-corrected chi connectivity index (χ4v) is 4.91. The average molecular weight is 312 g/mol. The first-order valence-corrected chi connectivity index (χ1v) is 8.22. The highest BCUT2D eigenvalue weighted by Gasteiger charge is 2.26. The summed E-state index contributed by atoms with van der Waals surface area (Å²) in [6, 6.07) is 8.87. The van der Waals surface area contributed by atoms with Crippen molar-refractivity contribution in [2.75, 3.05) is 19.6 Å². The predicted octanol–water partition coefficient (Wildman–Crippen LogP) is 3.56. The van der Waals surface area contributed by atoms with Gasteiger partial charge in [-0.3, -0.25) is 0 Å². The van der Waals surface area contributed by atoms with Gasteiger partial charge in [0, 0.05) is 28.1 Å². The molecule has 17 heavy (non-hydrogen) atoms. The summed E-state index contributed by atoms with van der Waals surface area (Å²) < 4.78 is 0. The molecule has 3 heteroatoms. The molecule has 1 aromatic rings. The minimum Gasteiger partial charge on any atom is -0.301 e. The van der Waals surface area contributed by atoms with E-state index in [0.717, 1.165) is 5.25 Å². The Morgan fingerprint density at radius 1 is 1.35 bits per heavy atom. The number of hydrogen-bond acceptors (Lipinski definition) is 2. The van der Waals surface area contributed by atoms with E-state index in [1.165, 1.54) is 43.8 Å². The molecule has 0 aromatic heterocycles. The van der Waals surface area contributed by atoms with Crippen LogP contribution in [0.3, 0.4) is 0 Å². The van der Waals surface area contributed by atoms with Crippen LogP contribution in [-0.4, -0.2) is 34.6 Å². The Labute approximate surface area is 116 Å². The summed E-state index contributed by atoms with van der Waals surface area (Å²) in [4.78, 5) is 4.85. The highest BCUT2D eigenvalue weighted by Crippen LogP contribution is 2.37. The van der Waals surface area contributed by atoms with Gasteiger partial charge in [0.05, 0.1) is 0 Å². The number of fused-ring (bicyclic) bond motifs is 1. The van der Waals surface area contributed by atoms with Crippen molar-refractivity contribution in [2.45, 2.75) is 34.2 Å². The van der Waals surface area contributed by atoms with Crippen molar-refractivity contribution in [2.24, 2.45) is 0 Å². The zero-order valence-corrected chi connectivity index (χ0v) is 12.3. The van der Waals surface area contributed by atoms with Crippen LogP contribution < -0.4 is 0 Å². The van der Waals surface area contributed by atoms with Crippen LogP contribution in [0.2, 0.25) is 0 Å². The Bertz CT molecular complexity index is 371. The summed E-state index contributed by atoms with van der Waals surface area (Å²) in [6.45, 7) is 3.77. The monoisotopic (exact) mass is 311 g/mol. The largest absolute Gasteiger partial charge is 0.301 e. The molecular formula is C14H18BrNS. The van der Waals surface area contributed by atoms with Crippen LogP contribution in [0.15, 0.2) is 29.2 Å². The van der Waals surface area contributed by atoms with Crippen LogP contribution >= 0.6 is 27.7 Å². The molecule has 2 atom stereocenters. The van der Waals surface area contributed by atoms with E-state index in [-0.39, 0.29) is 0 Å². The van der Waals surface area contributed by atoms with Crippen molar-refractivity contribution in [3.8, 4) is 0 Å². The normalized spacial score (nSPS) is 29.2. The highest BCUT2D eigenvalue weighted by molar-refractivity contribution is 9.09. The van der Waals surface area contributed by atoms with E-state index in [1.54, 1.807) is 5.56 Å². The van der Waals surface area contributed by atoms with Crippen LogP contribution in [0.4, 0.5) is 0 Å². The number of likely N-dealkylation sites (tertiary alicyclic amines) is 1.